The van der Waals surface area contributed by atoms with Crippen LogP contribution in [-0.2, 0) is 0 Å². The van der Waals surface area contributed by atoms with Crippen LogP contribution in [0.2, 0.25) is 0 Å². The fourth-order valence-electron chi connectivity index (χ4n) is 1.01. The van der Waals surface area contributed by atoms with Crippen molar-refractivity contribution in [2.75, 3.05) is 0 Å². The summed E-state index contributed by atoms with van der Waals surface area (Å²) in [5.41, 5.74) is 5.87. The summed E-state index contributed by atoms with van der Waals surface area (Å²) in [5.74, 6) is 0.0639. The lowest BCUT2D eigenvalue weighted by molar-refractivity contribution is 0.0995. The molecule has 0 bridgehead atoms. The summed E-state index contributed by atoms with van der Waals surface area (Å²) >= 11 is 0. The predicted octanol–water partition coefficient (Wildman–Crippen LogP) is 0.769. The molecular weight excluding hydrogens is 170 g/mol. The molecule has 0 saturated carbocycles. The topological polar surface area (TPSA) is 84.9 Å². The van der Waals surface area contributed by atoms with Crippen molar-refractivity contribution in [3.63, 3.8) is 0 Å². The Morgan fingerprint density at radius 1 is 1.62 bits per heavy atom. The third-order valence-corrected chi connectivity index (χ3v) is 1.62. The summed E-state index contributed by atoms with van der Waals surface area (Å²) in [7, 11) is 0. The summed E-state index contributed by atoms with van der Waals surface area (Å²) < 4.78 is 5.09. The van der Waals surface area contributed by atoms with Crippen LogP contribution in [0.4, 0.5) is 0 Å². The lowest BCUT2D eigenvalue weighted by Crippen LogP contribution is -2.10. The number of amides is 1. The van der Waals surface area contributed by atoms with E-state index in [9.17, 15) is 4.79 Å². The number of primary amides is 1. The summed E-state index contributed by atoms with van der Waals surface area (Å²) in [4.78, 5) is 10.7. The van der Waals surface area contributed by atoms with E-state index >= 15 is 0 Å². The number of nitrogens with two attached hydrogens (primary N) is 1. The Labute approximate surface area is 73.5 Å². The highest BCUT2D eigenvalue weighted by atomic mass is 16.3. The van der Waals surface area contributed by atoms with Crippen LogP contribution >= 0.6 is 0 Å². The molecule has 0 aliphatic rings. The Balaban J connectivity index is 2.39. The molecule has 0 atom stereocenters. The van der Waals surface area contributed by atoms with E-state index in [0.717, 1.165) is 0 Å². The van der Waals surface area contributed by atoms with Crippen molar-refractivity contribution in [2.45, 2.75) is 0 Å². The molecule has 2 rings (SSSR count). The van der Waals surface area contributed by atoms with Crippen molar-refractivity contribution in [1.82, 2.24) is 10.2 Å². The highest BCUT2D eigenvalue weighted by Crippen LogP contribution is 2.17. The SMILES string of the molecule is NC(=O)c1cc(-c2ccco2)[nH]n1. The molecule has 2 aromatic heterocycles. The van der Waals surface area contributed by atoms with Gasteiger partial charge < -0.3 is 10.2 Å². The van der Waals surface area contributed by atoms with Gasteiger partial charge in [0.15, 0.2) is 5.76 Å². The Morgan fingerprint density at radius 3 is 3.00 bits per heavy atom. The fraction of sp³-hybridized carbons (Fsp3) is 0. The van der Waals surface area contributed by atoms with Crippen molar-refractivity contribution in [1.29, 1.82) is 0 Å². The molecule has 0 aliphatic heterocycles. The normalized spacial score (nSPS) is 10.2. The molecule has 0 saturated heterocycles. The monoisotopic (exact) mass is 177 g/mol. The molecule has 5 nitrogen and oxygen atoms in total. The molecule has 0 aromatic carbocycles. The number of H-pyrrole nitrogens is 1. The van der Waals surface area contributed by atoms with Crippen molar-refractivity contribution in [3.8, 4) is 11.5 Å². The van der Waals surface area contributed by atoms with Gasteiger partial charge in [-0.2, -0.15) is 5.10 Å². The van der Waals surface area contributed by atoms with Gasteiger partial charge in [0.2, 0.25) is 0 Å². The van der Waals surface area contributed by atoms with Gasteiger partial charge in [0, 0.05) is 6.07 Å². The lowest BCUT2D eigenvalue weighted by atomic mass is 10.3. The summed E-state index contributed by atoms with van der Waals surface area (Å²) in [6, 6.07) is 5.06. The van der Waals surface area contributed by atoms with Crippen LogP contribution in [0.3, 0.4) is 0 Å². The second-order valence-corrected chi connectivity index (χ2v) is 2.51. The molecule has 0 unspecified atom stereocenters. The van der Waals surface area contributed by atoms with Crippen LogP contribution in [0.5, 0.6) is 0 Å². The van der Waals surface area contributed by atoms with Crippen LogP contribution in [0.25, 0.3) is 11.5 Å². The van der Waals surface area contributed by atoms with Gasteiger partial charge in [-0.05, 0) is 12.1 Å². The molecule has 13 heavy (non-hydrogen) atoms. The van der Waals surface area contributed by atoms with Crippen molar-refractivity contribution < 1.29 is 9.21 Å². The van der Waals surface area contributed by atoms with Gasteiger partial charge in [-0.25, -0.2) is 0 Å². The zero-order valence-corrected chi connectivity index (χ0v) is 6.65. The molecule has 0 spiro atoms. The molecule has 0 radical (unpaired) electrons. The van der Waals surface area contributed by atoms with Crippen molar-refractivity contribution in [3.05, 3.63) is 30.2 Å². The number of carbonyl (C=O) groups excluding carboxylic acids is 1. The average Bonchev–Trinajstić information content (AvgIpc) is 2.75. The molecule has 5 heteroatoms. The van der Waals surface area contributed by atoms with E-state index < -0.39 is 5.91 Å². The molecule has 3 N–H and O–H groups in total. The zero-order chi connectivity index (χ0) is 9.26. The first-order valence-corrected chi connectivity index (χ1v) is 3.66. The second-order valence-electron chi connectivity index (χ2n) is 2.51. The quantitative estimate of drug-likeness (QED) is 0.710. The number of hydrogen-bond acceptors (Lipinski definition) is 3. The third kappa shape index (κ3) is 1.31. The van der Waals surface area contributed by atoms with Gasteiger partial charge in [-0.1, -0.05) is 0 Å². The van der Waals surface area contributed by atoms with Crippen LogP contribution in [0.15, 0.2) is 28.9 Å². The van der Waals surface area contributed by atoms with E-state index in [1.807, 2.05) is 0 Å². The van der Waals surface area contributed by atoms with E-state index in [4.69, 9.17) is 10.2 Å². The minimum Gasteiger partial charge on any atom is -0.463 e. The number of hydrogen-bond donors (Lipinski definition) is 2. The molecular formula is C8H7N3O2. The van der Waals surface area contributed by atoms with Crippen LogP contribution < -0.4 is 5.73 Å². The van der Waals surface area contributed by atoms with Gasteiger partial charge in [0.1, 0.15) is 11.4 Å². The molecule has 0 aliphatic carbocycles. The maximum absolute atomic E-state index is 10.7. The summed E-state index contributed by atoms with van der Waals surface area (Å²) in [6.45, 7) is 0. The van der Waals surface area contributed by atoms with Crippen LogP contribution in [-0.4, -0.2) is 16.1 Å². The Kier molecular flexibility index (Phi) is 1.63. The molecule has 66 valence electrons. The maximum atomic E-state index is 10.7. The molecule has 2 aromatic rings. The highest BCUT2D eigenvalue weighted by molar-refractivity contribution is 5.91. The van der Waals surface area contributed by atoms with E-state index in [-0.39, 0.29) is 5.69 Å². The Morgan fingerprint density at radius 2 is 2.46 bits per heavy atom. The fourth-order valence-corrected chi connectivity index (χ4v) is 1.01. The Bertz CT molecular complexity index is 416. The van der Waals surface area contributed by atoms with Crippen molar-refractivity contribution >= 4 is 5.91 Å². The number of furan rings is 1. The number of rotatable bonds is 2. The lowest BCUT2D eigenvalue weighted by Gasteiger charge is -1.85. The standard InChI is InChI=1S/C8H7N3O2/c9-8(12)6-4-5(10-11-6)7-2-1-3-13-7/h1-4H,(H2,9,12)(H,10,11). The van der Waals surface area contributed by atoms with Gasteiger partial charge in [-0.15, -0.1) is 0 Å². The minimum absolute atomic E-state index is 0.200. The predicted molar refractivity (Wildman–Crippen MR) is 44.8 cm³/mol. The van der Waals surface area contributed by atoms with Gasteiger partial charge in [0.05, 0.1) is 6.26 Å². The first-order chi connectivity index (χ1) is 6.27. The Hall–Kier alpha value is -2.04. The third-order valence-electron chi connectivity index (χ3n) is 1.62. The van der Waals surface area contributed by atoms with Gasteiger partial charge in [-0.3, -0.25) is 9.89 Å². The number of aromatic amines is 1. The molecule has 2 heterocycles. The highest BCUT2D eigenvalue weighted by Gasteiger charge is 2.08. The van der Waals surface area contributed by atoms with E-state index in [1.165, 1.54) is 0 Å². The van der Waals surface area contributed by atoms with Crippen LogP contribution in [0, 0.1) is 0 Å². The molecule has 0 fully saturated rings. The van der Waals surface area contributed by atoms with E-state index in [2.05, 4.69) is 10.2 Å². The van der Waals surface area contributed by atoms with Crippen LogP contribution in [0.1, 0.15) is 10.5 Å². The zero-order valence-electron chi connectivity index (χ0n) is 6.65. The second kappa shape index (κ2) is 2.78. The summed E-state index contributed by atoms with van der Waals surface area (Å²) in [5, 5.41) is 6.36. The first-order valence-electron chi connectivity index (χ1n) is 3.66. The van der Waals surface area contributed by atoms with E-state index in [1.54, 1.807) is 24.5 Å². The summed E-state index contributed by atoms with van der Waals surface area (Å²) in [6.07, 6.45) is 1.54. The minimum atomic E-state index is -0.561. The number of nitrogens with one attached hydrogen (secondary N) is 1. The number of aromatic nitrogens is 2. The van der Waals surface area contributed by atoms with Gasteiger partial charge in [0.25, 0.3) is 5.91 Å². The first kappa shape index (κ1) is 7.60. The molecule has 1 amide bonds. The van der Waals surface area contributed by atoms with Gasteiger partial charge >= 0.3 is 0 Å². The number of nitrogens with zero attached hydrogens (tertiary/aromatic N) is 1. The maximum Gasteiger partial charge on any atom is 0.269 e. The average molecular weight is 177 g/mol. The smallest absolute Gasteiger partial charge is 0.269 e. The largest absolute Gasteiger partial charge is 0.463 e. The van der Waals surface area contributed by atoms with E-state index in [0.29, 0.717) is 11.5 Å². The van der Waals surface area contributed by atoms with Crippen molar-refractivity contribution in [2.24, 2.45) is 5.73 Å². The number of carbonyl (C=O) groups is 1.